The summed E-state index contributed by atoms with van der Waals surface area (Å²) in [7, 11) is 0. The quantitative estimate of drug-likeness (QED) is 0.228. The van der Waals surface area contributed by atoms with Crippen LogP contribution in [-0.4, -0.2) is 23.2 Å². The first kappa shape index (κ1) is 19.6. The summed E-state index contributed by atoms with van der Waals surface area (Å²) >= 11 is 1.66. The van der Waals surface area contributed by atoms with Crippen molar-refractivity contribution in [1.29, 1.82) is 0 Å². The summed E-state index contributed by atoms with van der Waals surface area (Å²) in [5.74, 6) is -0.947. The topological polar surface area (TPSA) is 55.7 Å². The highest BCUT2D eigenvalue weighted by atomic mass is 32.2. The van der Waals surface area contributed by atoms with Crippen molar-refractivity contribution in [1.82, 2.24) is 0 Å². The first-order chi connectivity index (χ1) is 11.5. The van der Waals surface area contributed by atoms with E-state index in [-0.39, 0.29) is 5.78 Å². The molecule has 0 bridgehead atoms. The van der Waals surface area contributed by atoms with Gasteiger partial charge in [-0.25, -0.2) is 4.79 Å². The third kappa shape index (κ3) is 7.74. The standard InChI is InChI=1S/C19H21NO3S/c1-4-9-16(12-8-13-24-15(2)3)18(21)14-20-23-19(22)17-10-6-5-7-11-17/h4-15H,1-3H3/b9-4-,13-8+,16-12+,20-14-. The van der Waals surface area contributed by atoms with Crippen molar-refractivity contribution in [3.63, 3.8) is 0 Å². The van der Waals surface area contributed by atoms with E-state index in [0.29, 0.717) is 16.4 Å². The van der Waals surface area contributed by atoms with Crippen molar-refractivity contribution in [2.24, 2.45) is 5.16 Å². The van der Waals surface area contributed by atoms with Crippen LogP contribution in [0.25, 0.3) is 0 Å². The number of allylic oxidation sites excluding steroid dienone is 5. The molecule has 0 heterocycles. The van der Waals surface area contributed by atoms with Gasteiger partial charge in [0.05, 0.1) is 5.56 Å². The zero-order chi connectivity index (χ0) is 17.8. The fourth-order valence-corrected chi connectivity index (χ4v) is 2.05. The third-order valence-corrected chi connectivity index (χ3v) is 3.51. The lowest BCUT2D eigenvalue weighted by atomic mass is 10.1. The van der Waals surface area contributed by atoms with Crippen molar-refractivity contribution >= 4 is 29.7 Å². The molecule has 24 heavy (non-hydrogen) atoms. The van der Waals surface area contributed by atoms with Gasteiger partial charge in [-0.2, -0.15) is 0 Å². The van der Waals surface area contributed by atoms with E-state index < -0.39 is 5.97 Å². The molecule has 0 fully saturated rings. The van der Waals surface area contributed by atoms with Gasteiger partial charge in [-0.1, -0.05) is 61.5 Å². The Bertz CT molecular complexity index is 658. The lowest BCUT2D eigenvalue weighted by Gasteiger charge is -1.98. The van der Waals surface area contributed by atoms with Gasteiger partial charge in [0.25, 0.3) is 0 Å². The molecule has 126 valence electrons. The van der Waals surface area contributed by atoms with Crippen LogP contribution in [0.3, 0.4) is 0 Å². The third-order valence-electron chi connectivity index (χ3n) is 2.65. The Labute approximate surface area is 147 Å². The van der Waals surface area contributed by atoms with E-state index in [1.54, 1.807) is 60.3 Å². The first-order valence-corrected chi connectivity index (χ1v) is 8.48. The number of thioether (sulfide) groups is 1. The number of nitrogens with zero attached hydrogens (tertiary/aromatic N) is 1. The average Bonchev–Trinajstić information content (AvgIpc) is 2.58. The zero-order valence-electron chi connectivity index (χ0n) is 14.0. The largest absolute Gasteiger partial charge is 0.365 e. The normalized spacial score (nSPS) is 12.6. The lowest BCUT2D eigenvalue weighted by molar-refractivity contribution is -0.109. The van der Waals surface area contributed by atoms with Crippen LogP contribution in [0.4, 0.5) is 0 Å². The van der Waals surface area contributed by atoms with Gasteiger partial charge in [0.1, 0.15) is 6.21 Å². The number of ketones is 1. The van der Waals surface area contributed by atoms with Gasteiger partial charge in [0, 0.05) is 10.8 Å². The summed E-state index contributed by atoms with van der Waals surface area (Å²) < 4.78 is 0. The van der Waals surface area contributed by atoms with E-state index in [9.17, 15) is 9.59 Å². The van der Waals surface area contributed by atoms with Crippen molar-refractivity contribution in [3.8, 4) is 0 Å². The molecule has 1 aromatic rings. The molecule has 0 amide bonds. The summed E-state index contributed by atoms with van der Waals surface area (Å²) in [4.78, 5) is 28.5. The van der Waals surface area contributed by atoms with E-state index in [1.807, 2.05) is 18.4 Å². The van der Waals surface area contributed by atoms with Gasteiger partial charge in [0.2, 0.25) is 5.78 Å². The van der Waals surface area contributed by atoms with Crippen LogP contribution < -0.4 is 0 Å². The molecule has 5 heteroatoms. The Balaban J connectivity index is 2.66. The first-order valence-electron chi connectivity index (χ1n) is 7.53. The molecule has 0 saturated carbocycles. The van der Waals surface area contributed by atoms with E-state index in [4.69, 9.17) is 4.84 Å². The maximum Gasteiger partial charge on any atom is 0.365 e. The maximum absolute atomic E-state index is 12.1. The van der Waals surface area contributed by atoms with Crippen LogP contribution in [0.1, 0.15) is 31.1 Å². The predicted octanol–water partition coefficient (Wildman–Crippen LogP) is 4.56. The minimum absolute atomic E-state index is 0.340. The highest BCUT2D eigenvalue weighted by molar-refractivity contribution is 8.02. The molecule has 0 aliphatic carbocycles. The van der Waals surface area contributed by atoms with Crippen molar-refractivity contribution < 1.29 is 14.4 Å². The molecule has 0 radical (unpaired) electrons. The zero-order valence-corrected chi connectivity index (χ0v) is 14.8. The number of hydrogen-bond acceptors (Lipinski definition) is 5. The molecule has 1 rings (SSSR count). The van der Waals surface area contributed by atoms with E-state index in [2.05, 4.69) is 19.0 Å². The molecule has 4 nitrogen and oxygen atoms in total. The van der Waals surface area contributed by atoms with Crippen molar-refractivity contribution in [2.45, 2.75) is 26.0 Å². The molecular weight excluding hydrogens is 322 g/mol. The summed E-state index contributed by atoms with van der Waals surface area (Å²) in [6, 6.07) is 8.46. The van der Waals surface area contributed by atoms with Crippen LogP contribution in [0.2, 0.25) is 0 Å². The number of carbonyl (C=O) groups is 2. The Morgan fingerprint density at radius 2 is 1.92 bits per heavy atom. The number of carbonyl (C=O) groups excluding carboxylic acids is 2. The molecule has 0 saturated heterocycles. The summed E-state index contributed by atoms with van der Waals surface area (Å²) in [6.07, 6.45) is 7.94. The van der Waals surface area contributed by atoms with Gasteiger partial charge >= 0.3 is 5.97 Å². The molecule has 0 atom stereocenters. The van der Waals surface area contributed by atoms with Gasteiger partial charge in [-0.15, -0.1) is 11.8 Å². The Kier molecular flexibility index (Phi) is 9.16. The molecule has 0 aromatic heterocycles. The maximum atomic E-state index is 12.1. The highest BCUT2D eigenvalue weighted by Gasteiger charge is 2.06. The minimum Gasteiger partial charge on any atom is -0.313 e. The molecule has 1 aromatic carbocycles. The number of rotatable bonds is 8. The molecule has 0 aliphatic rings. The van der Waals surface area contributed by atoms with E-state index in [0.717, 1.165) is 6.21 Å². The number of oxime groups is 1. The molecule has 0 aliphatic heterocycles. The molecule has 0 spiro atoms. The second kappa shape index (κ2) is 11.2. The lowest BCUT2D eigenvalue weighted by Crippen LogP contribution is -2.05. The number of Topliss-reactive ketones (excluding diaryl/α,β-unsaturated/α-hetero) is 1. The van der Waals surface area contributed by atoms with Gasteiger partial charge in [-0.3, -0.25) is 4.79 Å². The SMILES string of the molecule is C\C=C/C(=C\C=C\SC(C)C)C(=O)/C=N\OC(=O)c1ccccc1. The van der Waals surface area contributed by atoms with Crippen molar-refractivity contribution in [2.75, 3.05) is 0 Å². The Morgan fingerprint density at radius 3 is 2.54 bits per heavy atom. The smallest absolute Gasteiger partial charge is 0.313 e. The number of benzene rings is 1. The second-order valence-electron chi connectivity index (χ2n) is 4.98. The summed E-state index contributed by atoms with van der Waals surface area (Å²) in [5, 5.41) is 5.88. The van der Waals surface area contributed by atoms with E-state index >= 15 is 0 Å². The molecule has 0 unspecified atom stereocenters. The highest BCUT2D eigenvalue weighted by Crippen LogP contribution is 2.11. The predicted molar refractivity (Wildman–Crippen MR) is 100 cm³/mol. The fourth-order valence-electron chi connectivity index (χ4n) is 1.57. The van der Waals surface area contributed by atoms with Gasteiger partial charge in [0.15, 0.2) is 0 Å². The van der Waals surface area contributed by atoms with Crippen LogP contribution in [-0.2, 0) is 9.63 Å². The summed E-state index contributed by atoms with van der Waals surface area (Å²) in [5.41, 5.74) is 0.831. The van der Waals surface area contributed by atoms with Crippen LogP contribution >= 0.6 is 11.8 Å². The van der Waals surface area contributed by atoms with Crippen LogP contribution in [0.15, 0.2) is 70.8 Å². The van der Waals surface area contributed by atoms with E-state index in [1.165, 1.54) is 0 Å². The number of hydrogen-bond donors (Lipinski definition) is 0. The molecular formula is C19H21NO3S. The average molecular weight is 343 g/mol. The fraction of sp³-hybridized carbons (Fsp3) is 0.211. The summed E-state index contributed by atoms with van der Waals surface area (Å²) in [6.45, 7) is 6.00. The Morgan fingerprint density at radius 1 is 1.21 bits per heavy atom. The van der Waals surface area contributed by atoms with Crippen molar-refractivity contribution in [3.05, 3.63) is 71.2 Å². The van der Waals surface area contributed by atoms with Gasteiger partial charge in [-0.05, 0) is 24.5 Å². The van der Waals surface area contributed by atoms with Crippen LogP contribution in [0.5, 0.6) is 0 Å². The monoisotopic (exact) mass is 343 g/mol. The molecule has 0 N–H and O–H groups in total. The minimum atomic E-state index is -0.607. The second-order valence-corrected chi connectivity index (χ2v) is 6.47. The van der Waals surface area contributed by atoms with Gasteiger partial charge < -0.3 is 4.84 Å². The van der Waals surface area contributed by atoms with Crippen LogP contribution in [0, 0.1) is 0 Å². The Hall–Kier alpha value is -2.40.